The Morgan fingerprint density at radius 1 is 0.985 bits per heavy atom. The Morgan fingerprint density at radius 3 is 2.51 bits per heavy atom. The number of aromatic nitrogens is 2. The smallest absolute Gasteiger partial charge is 0.293 e. The number of rotatable bonds is 14. The van der Waals surface area contributed by atoms with Crippen molar-refractivity contribution in [1.29, 1.82) is 0 Å². The van der Waals surface area contributed by atoms with Crippen molar-refractivity contribution in [2.45, 2.75) is 82.7 Å². The lowest BCUT2D eigenvalue weighted by atomic mass is 9.72. The molecule has 3 aromatic carbocycles. The summed E-state index contributed by atoms with van der Waals surface area (Å²) in [6, 6.07) is 21.7. The van der Waals surface area contributed by atoms with E-state index in [2.05, 4.69) is 72.9 Å². The number of carbonyl (C=O) groups excluding carboxylic acids is 1. The van der Waals surface area contributed by atoms with Gasteiger partial charge in [-0.05, 0) is 123 Å². The van der Waals surface area contributed by atoms with Crippen molar-refractivity contribution >= 4 is 61.2 Å². The molecule has 68 heavy (non-hydrogen) atoms. The topological polar surface area (TPSA) is 178 Å². The number of piperazine rings is 2. The third-order valence-corrected chi connectivity index (χ3v) is 15.9. The van der Waals surface area contributed by atoms with Gasteiger partial charge in [0.25, 0.3) is 21.6 Å². The average molecular weight is 965 g/mol. The minimum atomic E-state index is -4.57. The molecule has 5 aromatic rings. The number of H-pyrrole nitrogens is 1. The highest BCUT2D eigenvalue weighted by molar-refractivity contribution is 7.90. The Balaban J connectivity index is 0.885. The summed E-state index contributed by atoms with van der Waals surface area (Å²) in [7, 11) is -4.57. The molecule has 4 aliphatic rings. The Hall–Kier alpha value is -5.52. The van der Waals surface area contributed by atoms with E-state index < -0.39 is 25.7 Å². The van der Waals surface area contributed by atoms with E-state index in [0.717, 1.165) is 119 Å². The summed E-state index contributed by atoms with van der Waals surface area (Å²) in [5, 5.41) is 20.6. The number of amides is 1. The molecule has 0 bridgehead atoms. The number of anilines is 2. The lowest BCUT2D eigenvalue weighted by Crippen LogP contribution is -2.53. The van der Waals surface area contributed by atoms with Gasteiger partial charge in [-0.2, -0.15) is 0 Å². The number of hydrogen-bond acceptors (Lipinski definition) is 12. The van der Waals surface area contributed by atoms with Gasteiger partial charge >= 0.3 is 0 Å². The van der Waals surface area contributed by atoms with Gasteiger partial charge in [0, 0.05) is 105 Å². The van der Waals surface area contributed by atoms with Gasteiger partial charge in [0.15, 0.2) is 0 Å². The fraction of sp³-hybridized carbons (Fsp3) is 0.451. The summed E-state index contributed by atoms with van der Waals surface area (Å²) >= 11 is 6.26. The number of nitro groups is 1. The zero-order chi connectivity index (χ0) is 47.6. The summed E-state index contributed by atoms with van der Waals surface area (Å²) in [5.74, 6) is -0.103. The Bertz CT molecular complexity index is 2780. The number of sulfonamides is 1. The maximum absolute atomic E-state index is 14.1. The lowest BCUT2D eigenvalue weighted by molar-refractivity contribution is -0.384. The van der Waals surface area contributed by atoms with Gasteiger partial charge in [0.05, 0.1) is 21.6 Å². The molecule has 360 valence electrons. The quantitative estimate of drug-likeness (QED) is 0.0614. The van der Waals surface area contributed by atoms with E-state index in [-0.39, 0.29) is 28.1 Å². The standard InChI is InChI=1S/C51H62ClN9O6S/c1-34-32-60(21-20-53-34)40-10-4-35(5-11-40)30-55-46-15-13-43(28-47(46)61(63)64)68(65,66)57-50(62)44-14-12-41(27-48(44)67-42-26-37-17-19-54-49(37)56-31-42)59-24-22-58(23-25-59)33-38-16-18-51(2,3)29-45(38)36-6-8-39(52)9-7-36/h6-9,12-15,17,19,26-28,31,34-35,40,53,55H,4-5,10-11,16,18,20-25,29-30,32-33H2,1-3H3,(H,54,56)(H,57,62)/t34-,35-,40+/m1/s1. The SMILES string of the molecule is C[C@@H]1CN([C@H]2CC[C@@H](CNc3ccc(S(=O)(=O)NC(=O)c4ccc(N5CCN(CC6=C(c7ccc(Cl)cc7)CC(C)(C)CC6)CC5)cc4Oc4cnc5[nH]ccc5c4)cc3[N+](=O)[O-])CC2)CCN1. The number of carbonyl (C=O) groups is 1. The van der Waals surface area contributed by atoms with Crippen LogP contribution in [0.4, 0.5) is 17.1 Å². The van der Waals surface area contributed by atoms with Crippen molar-refractivity contribution in [3.63, 3.8) is 0 Å². The van der Waals surface area contributed by atoms with E-state index in [1.54, 1.807) is 30.5 Å². The number of nitrogens with zero attached hydrogens (tertiary/aromatic N) is 5. The second-order valence-corrected chi connectivity index (χ2v) is 22.0. The zero-order valence-corrected chi connectivity index (χ0v) is 40.7. The van der Waals surface area contributed by atoms with Gasteiger partial charge in [-0.1, -0.05) is 43.2 Å². The van der Waals surface area contributed by atoms with Crippen molar-refractivity contribution in [3.05, 3.63) is 117 Å². The predicted octanol–water partition coefficient (Wildman–Crippen LogP) is 9.09. The molecular formula is C51H62ClN9O6S. The van der Waals surface area contributed by atoms with Crippen LogP contribution in [-0.2, 0) is 10.0 Å². The van der Waals surface area contributed by atoms with Crippen LogP contribution in [0.15, 0.2) is 95.7 Å². The van der Waals surface area contributed by atoms with Crippen molar-refractivity contribution in [2.24, 2.45) is 11.3 Å². The summed E-state index contributed by atoms with van der Waals surface area (Å²) in [5.41, 5.74) is 5.65. The number of ether oxygens (including phenoxy) is 1. The minimum Gasteiger partial charge on any atom is -0.455 e. The van der Waals surface area contributed by atoms with Crippen molar-refractivity contribution in [1.82, 2.24) is 29.8 Å². The second-order valence-electron chi connectivity index (χ2n) is 19.8. The Labute approximate surface area is 403 Å². The van der Waals surface area contributed by atoms with E-state index >= 15 is 0 Å². The number of hydrogen-bond donors (Lipinski definition) is 4. The Kier molecular flexibility index (Phi) is 14.1. The number of nitrogens with one attached hydrogen (secondary N) is 4. The van der Waals surface area contributed by atoms with Gasteiger partial charge < -0.3 is 25.3 Å². The first-order valence-electron chi connectivity index (χ1n) is 23.9. The summed E-state index contributed by atoms with van der Waals surface area (Å²) in [6.45, 7) is 14.5. The van der Waals surface area contributed by atoms with Crippen LogP contribution < -0.4 is 25.0 Å². The highest BCUT2D eigenvalue weighted by atomic mass is 35.5. The van der Waals surface area contributed by atoms with Crippen molar-refractivity contribution in [3.8, 4) is 11.5 Å². The summed E-state index contributed by atoms with van der Waals surface area (Å²) in [6.07, 6.45) is 10.7. The fourth-order valence-corrected chi connectivity index (χ4v) is 11.6. The molecule has 2 aromatic heterocycles. The van der Waals surface area contributed by atoms with Gasteiger partial charge in [-0.25, -0.2) is 18.1 Å². The van der Waals surface area contributed by atoms with Crippen LogP contribution in [-0.4, -0.2) is 110 Å². The molecule has 1 atom stereocenters. The van der Waals surface area contributed by atoms with Crippen LogP contribution in [0.25, 0.3) is 16.6 Å². The van der Waals surface area contributed by atoms with Crippen LogP contribution >= 0.6 is 11.6 Å². The molecular weight excluding hydrogens is 902 g/mol. The van der Waals surface area contributed by atoms with Gasteiger partial charge in [-0.15, -0.1) is 0 Å². The van der Waals surface area contributed by atoms with E-state index in [1.165, 1.54) is 35.0 Å². The normalized spacial score (nSPS) is 21.7. The second kappa shape index (κ2) is 20.2. The zero-order valence-electron chi connectivity index (χ0n) is 39.1. The largest absolute Gasteiger partial charge is 0.455 e. The molecule has 4 heterocycles. The van der Waals surface area contributed by atoms with Crippen molar-refractivity contribution in [2.75, 3.05) is 69.1 Å². The molecule has 9 rings (SSSR count). The monoisotopic (exact) mass is 963 g/mol. The fourth-order valence-electron chi connectivity index (χ4n) is 10.5. The summed E-state index contributed by atoms with van der Waals surface area (Å²) < 4.78 is 36.2. The number of pyridine rings is 1. The minimum absolute atomic E-state index is 0.0269. The number of benzene rings is 3. The van der Waals surface area contributed by atoms with E-state index in [0.29, 0.717) is 35.9 Å². The number of nitro benzene ring substituents is 1. The molecule has 15 nitrogen and oxygen atoms in total. The first-order chi connectivity index (χ1) is 32.7. The van der Waals surface area contributed by atoms with Gasteiger partial charge in [0.2, 0.25) is 0 Å². The van der Waals surface area contributed by atoms with Crippen LogP contribution in [0.2, 0.25) is 5.02 Å². The molecule has 17 heteroatoms. The highest BCUT2D eigenvalue weighted by Gasteiger charge is 2.32. The molecule has 0 spiro atoms. The maximum Gasteiger partial charge on any atom is 0.293 e. The highest BCUT2D eigenvalue weighted by Crippen LogP contribution is 2.44. The molecule has 1 saturated carbocycles. The molecule has 2 saturated heterocycles. The van der Waals surface area contributed by atoms with Crippen LogP contribution in [0.5, 0.6) is 11.5 Å². The summed E-state index contributed by atoms with van der Waals surface area (Å²) in [4.78, 5) is 40.2. The molecule has 2 aliphatic carbocycles. The molecule has 4 N–H and O–H groups in total. The molecule has 0 radical (unpaired) electrons. The third kappa shape index (κ3) is 11.2. The lowest BCUT2D eigenvalue weighted by Gasteiger charge is -2.41. The number of halogens is 1. The van der Waals surface area contributed by atoms with E-state index in [9.17, 15) is 23.3 Å². The first kappa shape index (κ1) is 47.5. The molecule has 3 fully saturated rings. The molecule has 2 aliphatic heterocycles. The van der Waals surface area contributed by atoms with E-state index in [1.807, 2.05) is 18.2 Å². The number of fused-ring (bicyclic) bond motifs is 1. The average Bonchev–Trinajstić information content (AvgIpc) is 3.80. The number of aromatic amines is 1. The van der Waals surface area contributed by atoms with Crippen LogP contribution in [0.1, 0.15) is 81.6 Å². The molecule has 1 amide bonds. The molecule has 0 unspecified atom stereocenters. The van der Waals surface area contributed by atoms with Gasteiger partial charge in [-0.3, -0.25) is 24.7 Å². The number of allylic oxidation sites excluding steroid dienone is 1. The third-order valence-electron chi connectivity index (χ3n) is 14.4. The van der Waals surface area contributed by atoms with E-state index in [4.69, 9.17) is 16.3 Å². The maximum atomic E-state index is 14.1. The van der Waals surface area contributed by atoms with Crippen molar-refractivity contribution < 1.29 is 22.9 Å². The van der Waals surface area contributed by atoms with Crippen LogP contribution in [0.3, 0.4) is 0 Å². The Morgan fingerprint density at radius 2 is 1.76 bits per heavy atom. The first-order valence-corrected chi connectivity index (χ1v) is 25.8. The predicted molar refractivity (Wildman–Crippen MR) is 268 cm³/mol. The van der Waals surface area contributed by atoms with Crippen LogP contribution in [0, 0.1) is 21.4 Å². The van der Waals surface area contributed by atoms with Gasteiger partial charge in [0.1, 0.15) is 22.8 Å².